The molecular formula is C30H42N2O2. The zero-order valence-corrected chi connectivity index (χ0v) is 21.7. The van der Waals surface area contributed by atoms with Gasteiger partial charge in [-0.15, -0.1) is 0 Å². The average Bonchev–Trinajstić information content (AvgIpc) is 3.31. The molecule has 1 N–H and O–H groups in total. The van der Waals surface area contributed by atoms with Crippen molar-refractivity contribution in [3.8, 4) is 0 Å². The number of carbonyl (C=O) groups excluding carboxylic acids is 2. The first-order chi connectivity index (χ1) is 16.2. The fourth-order valence-electron chi connectivity index (χ4n) is 4.82. The van der Waals surface area contributed by atoms with E-state index < -0.39 is 6.04 Å². The first-order valence-corrected chi connectivity index (χ1v) is 12.9. The highest BCUT2D eigenvalue weighted by molar-refractivity contribution is 5.88. The van der Waals surface area contributed by atoms with Crippen molar-refractivity contribution in [1.29, 1.82) is 0 Å². The monoisotopic (exact) mass is 462 g/mol. The largest absolute Gasteiger partial charge is 0.352 e. The number of aryl methyl sites for hydroxylation is 2. The van der Waals surface area contributed by atoms with Gasteiger partial charge in [0.2, 0.25) is 11.8 Å². The van der Waals surface area contributed by atoms with E-state index in [2.05, 4.69) is 69.4 Å². The lowest BCUT2D eigenvalue weighted by molar-refractivity contribution is -0.141. The lowest BCUT2D eigenvalue weighted by Gasteiger charge is -2.32. The Labute approximate surface area is 206 Å². The van der Waals surface area contributed by atoms with Gasteiger partial charge in [0.1, 0.15) is 6.04 Å². The van der Waals surface area contributed by atoms with Gasteiger partial charge in [-0.2, -0.15) is 0 Å². The molecule has 4 heteroatoms. The van der Waals surface area contributed by atoms with Crippen LogP contribution in [0.15, 0.2) is 48.5 Å². The molecule has 1 aliphatic carbocycles. The smallest absolute Gasteiger partial charge is 0.243 e. The summed E-state index contributed by atoms with van der Waals surface area (Å²) in [6.07, 6.45) is 6.10. The van der Waals surface area contributed by atoms with Crippen LogP contribution in [0.25, 0.3) is 0 Å². The van der Waals surface area contributed by atoms with Gasteiger partial charge < -0.3 is 10.2 Å². The lowest BCUT2D eigenvalue weighted by Crippen LogP contribution is -2.51. The summed E-state index contributed by atoms with van der Waals surface area (Å²) in [7, 11) is 0. The van der Waals surface area contributed by atoms with Crippen LogP contribution in [-0.4, -0.2) is 28.8 Å². The van der Waals surface area contributed by atoms with Gasteiger partial charge >= 0.3 is 0 Å². The predicted molar refractivity (Wildman–Crippen MR) is 140 cm³/mol. The number of nitrogens with one attached hydrogen (secondary N) is 1. The average molecular weight is 463 g/mol. The highest BCUT2D eigenvalue weighted by atomic mass is 16.2. The molecule has 1 aliphatic rings. The zero-order valence-electron chi connectivity index (χ0n) is 21.7. The van der Waals surface area contributed by atoms with Crippen LogP contribution in [0.4, 0.5) is 0 Å². The molecule has 0 aliphatic heterocycles. The summed E-state index contributed by atoms with van der Waals surface area (Å²) >= 11 is 0. The van der Waals surface area contributed by atoms with Gasteiger partial charge in [-0.3, -0.25) is 9.59 Å². The highest BCUT2D eigenvalue weighted by Crippen LogP contribution is 2.23. The maximum absolute atomic E-state index is 13.5. The normalized spacial score (nSPS) is 15.2. The van der Waals surface area contributed by atoms with Crippen molar-refractivity contribution < 1.29 is 9.59 Å². The van der Waals surface area contributed by atoms with E-state index in [0.717, 1.165) is 29.5 Å². The van der Waals surface area contributed by atoms with Crippen LogP contribution in [0.1, 0.15) is 88.5 Å². The van der Waals surface area contributed by atoms with E-state index in [4.69, 9.17) is 0 Å². The summed E-state index contributed by atoms with van der Waals surface area (Å²) in [5.74, 6) is 0.0300. The van der Waals surface area contributed by atoms with E-state index in [1.54, 1.807) is 0 Å². The van der Waals surface area contributed by atoms with E-state index in [1.807, 2.05) is 24.0 Å². The fourth-order valence-corrected chi connectivity index (χ4v) is 4.82. The number of rotatable bonds is 9. The Morgan fingerprint density at radius 3 is 2.26 bits per heavy atom. The van der Waals surface area contributed by atoms with Crippen LogP contribution in [0.5, 0.6) is 0 Å². The molecule has 1 atom stereocenters. The van der Waals surface area contributed by atoms with E-state index in [-0.39, 0.29) is 23.3 Å². The second-order valence-corrected chi connectivity index (χ2v) is 10.8. The molecule has 0 spiro atoms. The van der Waals surface area contributed by atoms with Crippen molar-refractivity contribution >= 4 is 11.8 Å². The third-order valence-electron chi connectivity index (χ3n) is 7.14. The van der Waals surface area contributed by atoms with Crippen molar-refractivity contribution in [2.75, 3.05) is 0 Å². The van der Waals surface area contributed by atoms with E-state index >= 15 is 0 Å². The third kappa shape index (κ3) is 6.94. The van der Waals surface area contributed by atoms with Gasteiger partial charge in [-0.1, -0.05) is 89.1 Å². The summed E-state index contributed by atoms with van der Waals surface area (Å²) in [5.41, 5.74) is 4.79. The first kappa shape index (κ1) is 26.0. The molecule has 2 aromatic rings. The van der Waals surface area contributed by atoms with Gasteiger partial charge in [0.15, 0.2) is 0 Å². The third-order valence-corrected chi connectivity index (χ3v) is 7.14. The van der Waals surface area contributed by atoms with E-state index in [0.29, 0.717) is 25.8 Å². The first-order valence-electron chi connectivity index (χ1n) is 12.9. The molecule has 0 radical (unpaired) electrons. The Balaban J connectivity index is 1.75. The number of hydrogen-bond donors (Lipinski definition) is 1. The molecule has 34 heavy (non-hydrogen) atoms. The summed E-state index contributed by atoms with van der Waals surface area (Å²) in [6, 6.07) is 16.5. The number of hydrogen-bond acceptors (Lipinski definition) is 2. The van der Waals surface area contributed by atoms with Crippen molar-refractivity contribution in [2.45, 2.75) is 104 Å². The van der Waals surface area contributed by atoms with Crippen LogP contribution < -0.4 is 5.32 Å². The van der Waals surface area contributed by atoms with Gasteiger partial charge in [-0.25, -0.2) is 0 Å². The minimum absolute atomic E-state index is 0.00846. The molecule has 1 saturated carbocycles. The molecule has 0 heterocycles. The second-order valence-electron chi connectivity index (χ2n) is 10.8. The fraction of sp³-hybridized carbons (Fsp3) is 0.533. The minimum Gasteiger partial charge on any atom is -0.352 e. The molecule has 0 bridgehead atoms. The molecule has 0 aromatic heterocycles. The number of amides is 2. The second kappa shape index (κ2) is 11.7. The Morgan fingerprint density at radius 1 is 1.03 bits per heavy atom. The van der Waals surface area contributed by atoms with Crippen LogP contribution in [0, 0.1) is 6.92 Å². The molecular weight excluding hydrogens is 420 g/mol. The minimum atomic E-state index is -0.448. The highest BCUT2D eigenvalue weighted by Gasteiger charge is 2.30. The summed E-state index contributed by atoms with van der Waals surface area (Å²) < 4.78 is 0. The summed E-state index contributed by atoms with van der Waals surface area (Å²) in [5, 5.41) is 3.23. The molecule has 3 rings (SSSR count). The van der Waals surface area contributed by atoms with E-state index in [9.17, 15) is 9.59 Å². The molecule has 184 valence electrons. The Bertz CT molecular complexity index is 953. The Kier molecular flexibility index (Phi) is 8.93. The van der Waals surface area contributed by atoms with Crippen molar-refractivity contribution in [3.63, 3.8) is 0 Å². The Morgan fingerprint density at radius 2 is 1.68 bits per heavy atom. The molecule has 4 nitrogen and oxygen atoms in total. The van der Waals surface area contributed by atoms with Crippen molar-refractivity contribution in [3.05, 3.63) is 70.8 Å². The molecule has 0 saturated heterocycles. The Hall–Kier alpha value is -2.62. The van der Waals surface area contributed by atoms with Crippen LogP contribution in [-0.2, 0) is 28.0 Å². The molecule has 2 amide bonds. The molecule has 1 fully saturated rings. The topological polar surface area (TPSA) is 49.4 Å². The van der Waals surface area contributed by atoms with Gasteiger partial charge in [0.05, 0.1) is 0 Å². The van der Waals surface area contributed by atoms with Crippen LogP contribution >= 0.6 is 0 Å². The van der Waals surface area contributed by atoms with Crippen molar-refractivity contribution in [2.24, 2.45) is 0 Å². The number of carbonyl (C=O) groups is 2. The standard InChI is InChI=1S/C30H42N2O2/c1-6-27(29(34)31-26-13-9-10-14-26)32(21-24-12-8-7-11-22(24)2)28(33)20-17-23-15-18-25(19-16-23)30(3,4)5/h7-8,11-12,15-16,18-19,26-27H,6,9-10,13-14,17,20-21H2,1-5H3,(H,31,34). The maximum atomic E-state index is 13.5. The van der Waals surface area contributed by atoms with Gasteiger partial charge in [0.25, 0.3) is 0 Å². The summed E-state index contributed by atoms with van der Waals surface area (Å²) in [6.45, 7) is 11.1. The number of benzene rings is 2. The van der Waals surface area contributed by atoms with Gasteiger partial charge in [0, 0.05) is 19.0 Å². The lowest BCUT2D eigenvalue weighted by atomic mass is 9.86. The molecule has 1 unspecified atom stereocenters. The SMILES string of the molecule is CCC(C(=O)NC1CCCC1)N(Cc1ccccc1C)C(=O)CCc1ccc(C(C)(C)C)cc1. The predicted octanol–water partition coefficient (Wildman–Crippen LogP) is 6.09. The maximum Gasteiger partial charge on any atom is 0.243 e. The van der Waals surface area contributed by atoms with Gasteiger partial charge in [-0.05, 0) is 60.3 Å². The zero-order chi connectivity index (χ0) is 24.7. The van der Waals surface area contributed by atoms with E-state index in [1.165, 1.54) is 18.4 Å². The van der Waals surface area contributed by atoms with Crippen LogP contribution in [0.2, 0.25) is 0 Å². The summed E-state index contributed by atoms with van der Waals surface area (Å²) in [4.78, 5) is 28.6. The number of nitrogens with zero attached hydrogens (tertiary/aromatic N) is 1. The molecule has 2 aromatic carbocycles. The quantitative estimate of drug-likeness (QED) is 0.490. The van der Waals surface area contributed by atoms with Crippen molar-refractivity contribution in [1.82, 2.24) is 10.2 Å². The van der Waals surface area contributed by atoms with Crippen LogP contribution in [0.3, 0.4) is 0 Å².